The van der Waals surface area contributed by atoms with E-state index in [0.717, 1.165) is 41.4 Å². The number of anilines is 1. The standard InChI is InChI=1S/C18H21N3O2S2/c1-3-21-9-8-13-14(10-21)25-18(15(13)16(19)22)20-17(23)11-4-6-12(24-2)7-5-11/h4-7H,3,8-10H2,1-2H3,(H2,19,22)(H,20,23)/p+1. The first-order valence-electron chi connectivity index (χ1n) is 8.26. The summed E-state index contributed by atoms with van der Waals surface area (Å²) in [5, 5.41) is 3.48. The Balaban J connectivity index is 1.87. The van der Waals surface area contributed by atoms with Gasteiger partial charge in [-0.1, -0.05) is 0 Å². The molecule has 1 atom stereocenters. The zero-order valence-corrected chi connectivity index (χ0v) is 16.0. The van der Waals surface area contributed by atoms with Gasteiger partial charge in [-0.25, -0.2) is 0 Å². The molecule has 7 heteroatoms. The number of nitrogens with one attached hydrogen (secondary N) is 2. The second kappa shape index (κ2) is 7.59. The summed E-state index contributed by atoms with van der Waals surface area (Å²) in [6.07, 6.45) is 2.82. The summed E-state index contributed by atoms with van der Waals surface area (Å²) >= 11 is 3.11. The lowest BCUT2D eigenvalue weighted by Crippen LogP contribution is -3.11. The fourth-order valence-electron chi connectivity index (χ4n) is 3.10. The molecule has 0 aliphatic carbocycles. The lowest BCUT2D eigenvalue weighted by Gasteiger charge is -2.22. The zero-order chi connectivity index (χ0) is 18.0. The Morgan fingerprint density at radius 1 is 1.32 bits per heavy atom. The third kappa shape index (κ3) is 3.73. The largest absolute Gasteiger partial charge is 0.365 e. The van der Waals surface area contributed by atoms with Crippen LogP contribution in [0.1, 0.15) is 38.1 Å². The van der Waals surface area contributed by atoms with E-state index in [1.165, 1.54) is 16.2 Å². The highest BCUT2D eigenvalue weighted by Gasteiger charge is 2.29. The van der Waals surface area contributed by atoms with Crippen LogP contribution in [0.25, 0.3) is 0 Å². The summed E-state index contributed by atoms with van der Waals surface area (Å²) in [6.45, 7) is 5.08. The maximum Gasteiger partial charge on any atom is 0.256 e. The molecule has 2 heterocycles. The highest BCUT2D eigenvalue weighted by atomic mass is 32.2. The third-order valence-electron chi connectivity index (χ3n) is 4.56. The minimum atomic E-state index is -0.467. The molecule has 4 N–H and O–H groups in total. The summed E-state index contributed by atoms with van der Waals surface area (Å²) in [4.78, 5) is 28.3. The van der Waals surface area contributed by atoms with E-state index in [1.54, 1.807) is 23.9 Å². The topological polar surface area (TPSA) is 76.6 Å². The number of hydrogen-bond acceptors (Lipinski definition) is 4. The zero-order valence-electron chi connectivity index (χ0n) is 14.3. The molecule has 1 aliphatic rings. The number of benzene rings is 1. The minimum absolute atomic E-state index is 0.214. The number of amides is 2. The van der Waals surface area contributed by atoms with Crippen LogP contribution >= 0.6 is 23.1 Å². The monoisotopic (exact) mass is 376 g/mol. The molecule has 1 unspecified atom stereocenters. The summed E-state index contributed by atoms with van der Waals surface area (Å²) in [5.74, 6) is -0.682. The van der Waals surface area contributed by atoms with Gasteiger partial charge < -0.3 is 16.0 Å². The number of likely N-dealkylation sites (N-methyl/N-ethyl adjacent to an activating group) is 1. The second-order valence-electron chi connectivity index (χ2n) is 6.04. The van der Waals surface area contributed by atoms with Gasteiger partial charge in [-0.05, 0) is 43.0 Å². The Hall–Kier alpha value is -1.83. The van der Waals surface area contributed by atoms with Gasteiger partial charge in [0.05, 0.1) is 23.5 Å². The van der Waals surface area contributed by atoms with Crippen molar-refractivity contribution in [1.82, 2.24) is 0 Å². The van der Waals surface area contributed by atoms with Gasteiger partial charge in [0.2, 0.25) is 0 Å². The first kappa shape index (κ1) is 18.0. The van der Waals surface area contributed by atoms with Crippen LogP contribution in [0.15, 0.2) is 29.2 Å². The number of rotatable bonds is 5. The SMILES string of the molecule is CC[NH+]1CCc2c(sc(NC(=O)c3ccc(SC)cc3)c2C(N)=O)C1. The van der Waals surface area contributed by atoms with Crippen LogP contribution in [0, 0.1) is 0 Å². The maximum absolute atomic E-state index is 12.6. The van der Waals surface area contributed by atoms with E-state index in [4.69, 9.17) is 5.73 Å². The van der Waals surface area contributed by atoms with E-state index in [2.05, 4.69) is 12.2 Å². The molecule has 2 amide bonds. The van der Waals surface area contributed by atoms with E-state index in [1.807, 2.05) is 18.4 Å². The average molecular weight is 377 g/mol. The Kier molecular flexibility index (Phi) is 5.46. The Labute approximate surface area is 155 Å². The molecule has 132 valence electrons. The van der Waals surface area contributed by atoms with Gasteiger partial charge in [-0.2, -0.15) is 0 Å². The van der Waals surface area contributed by atoms with Crippen molar-refractivity contribution in [3.05, 3.63) is 45.8 Å². The quantitative estimate of drug-likeness (QED) is 0.696. The van der Waals surface area contributed by atoms with E-state index in [0.29, 0.717) is 16.1 Å². The van der Waals surface area contributed by atoms with Crippen LogP contribution in [0.2, 0.25) is 0 Å². The van der Waals surface area contributed by atoms with Crippen LogP contribution in [0.5, 0.6) is 0 Å². The first-order valence-corrected chi connectivity index (χ1v) is 10.3. The van der Waals surface area contributed by atoms with Gasteiger partial charge in [0.1, 0.15) is 11.5 Å². The predicted molar refractivity (Wildman–Crippen MR) is 103 cm³/mol. The highest BCUT2D eigenvalue weighted by Crippen LogP contribution is 2.34. The Morgan fingerprint density at radius 2 is 2.04 bits per heavy atom. The van der Waals surface area contributed by atoms with Crippen LogP contribution in [-0.4, -0.2) is 31.2 Å². The Morgan fingerprint density at radius 3 is 2.64 bits per heavy atom. The fourth-order valence-corrected chi connectivity index (χ4v) is 4.83. The molecule has 1 aromatic carbocycles. The number of thiophene rings is 1. The fraction of sp³-hybridized carbons (Fsp3) is 0.333. The molecule has 1 aliphatic heterocycles. The van der Waals surface area contributed by atoms with Crippen molar-refractivity contribution in [2.45, 2.75) is 24.8 Å². The molecule has 0 saturated carbocycles. The molecule has 5 nitrogen and oxygen atoms in total. The number of thioether (sulfide) groups is 1. The van der Waals surface area contributed by atoms with Crippen molar-refractivity contribution in [2.75, 3.05) is 24.7 Å². The number of carbonyl (C=O) groups is 2. The van der Waals surface area contributed by atoms with Gasteiger partial charge in [0, 0.05) is 16.9 Å². The molecule has 0 saturated heterocycles. The van der Waals surface area contributed by atoms with Crippen molar-refractivity contribution in [3.8, 4) is 0 Å². The number of nitrogens with two attached hydrogens (primary N) is 1. The lowest BCUT2D eigenvalue weighted by atomic mass is 10.0. The molecule has 25 heavy (non-hydrogen) atoms. The molecular weight excluding hydrogens is 354 g/mol. The molecule has 2 aromatic rings. The highest BCUT2D eigenvalue weighted by molar-refractivity contribution is 7.98. The molecular formula is C18H22N3O2S2+. The van der Waals surface area contributed by atoms with E-state index in [-0.39, 0.29) is 5.91 Å². The van der Waals surface area contributed by atoms with E-state index >= 15 is 0 Å². The molecule has 0 fully saturated rings. The third-order valence-corrected chi connectivity index (χ3v) is 6.45. The van der Waals surface area contributed by atoms with Crippen molar-refractivity contribution in [3.63, 3.8) is 0 Å². The van der Waals surface area contributed by atoms with Gasteiger partial charge >= 0.3 is 0 Å². The number of carbonyl (C=O) groups excluding carboxylic acids is 2. The molecule has 0 spiro atoms. The van der Waals surface area contributed by atoms with Crippen LogP contribution < -0.4 is 16.0 Å². The number of fused-ring (bicyclic) bond motifs is 1. The van der Waals surface area contributed by atoms with Crippen molar-refractivity contribution >= 4 is 39.9 Å². The van der Waals surface area contributed by atoms with Crippen molar-refractivity contribution < 1.29 is 14.5 Å². The summed E-state index contributed by atoms with van der Waals surface area (Å²) < 4.78 is 0. The number of primary amides is 1. The van der Waals surface area contributed by atoms with Gasteiger partial charge in [0.15, 0.2) is 0 Å². The second-order valence-corrected chi connectivity index (χ2v) is 8.02. The lowest BCUT2D eigenvalue weighted by molar-refractivity contribution is -0.913. The van der Waals surface area contributed by atoms with Crippen LogP contribution in [0.3, 0.4) is 0 Å². The number of hydrogen-bond donors (Lipinski definition) is 3. The number of quaternary nitrogens is 1. The van der Waals surface area contributed by atoms with Crippen molar-refractivity contribution in [1.29, 1.82) is 0 Å². The van der Waals surface area contributed by atoms with Crippen LogP contribution in [-0.2, 0) is 13.0 Å². The summed E-state index contributed by atoms with van der Waals surface area (Å²) in [7, 11) is 0. The Bertz CT molecular complexity index is 799. The molecule has 1 aromatic heterocycles. The van der Waals surface area contributed by atoms with Gasteiger partial charge in [-0.15, -0.1) is 23.1 Å². The van der Waals surface area contributed by atoms with E-state index in [9.17, 15) is 9.59 Å². The molecule has 0 bridgehead atoms. The first-order chi connectivity index (χ1) is 12.0. The summed E-state index contributed by atoms with van der Waals surface area (Å²) in [6, 6.07) is 7.41. The summed E-state index contributed by atoms with van der Waals surface area (Å²) in [5.41, 5.74) is 7.69. The minimum Gasteiger partial charge on any atom is -0.365 e. The maximum atomic E-state index is 12.6. The van der Waals surface area contributed by atoms with Gasteiger partial charge in [0.25, 0.3) is 11.8 Å². The van der Waals surface area contributed by atoms with Crippen molar-refractivity contribution in [2.24, 2.45) is 5.73 Å². The average Bonchev–Trinajstić information content (AvgIpc) is 2.98. The van der Waals surface area contributed by atoms with E-state index < -0.39 is 5.91 Å². The molecule has 0 radical (unpaired) electrons. The normalized spacial score (nSPS) is 16.3. The van der Waals surface area contributed by atoms with Crippen LogP contribution in [0.4, 0.5) is 5.00 Å². The predicted octanol–water partition coefficient (Wildman–Crippen LogP) is 1.78. The smallest absolute Gasteiger partial charge is 0.256 e. The van der Waals surface area contributed by atoms with Gasteiger partial charge in [-0.3, -0.25) is 9.59 Å². The molecule has 3 rings (SSSR count).